The molecule has 78 valence electrons. The highest BCUT2D eigenvalue weighted by molar-refractivity contribution is 6.03. The summed E-state index contributed by atoms with van der Waals surface area (Å²) in [5.41, 5.74) is 8.40. The van der Waals surface area contributed by atoms with Gasteiger partial charge < -0.3 is 5.73 Å². The standard InChI is InChI=1S/C11H12N2O2/c1-7-3-2-4-8-9(7)10(12)13-11(8)5-6-14-15-11/h2-4H,5-6H2,1H3,(H2,12,13). The first kappa shape index (κ1) is 8.88. The molecule has 2 heterocycles. The summed E-state index contributed by atoms with van der Waals surface area (Å²) in [6.07, 6.45) is 0.726. The minimum absolute atomic E-state index is 0.550. The normalized spacial score (nSPS) is 28.2. The van der Waals surface area contributed by atoms with Crippen LogP contribution in [-0.4, -0.2) is 12.4 Å². The number of hydrogen-bond donors (Lipinski definition) is 1. The van der Waals surface area contributed by atoms with Gasteiger partial charge >= 0.3 is 0 Å². The van der Waals surface area contributed by atoms with E-state index in [1.807, 2.05) is 25.1 Å². The summed E-state index contributed by atoms with van der Waals surface area (Å²) in [4.78, 5) is 14.6. The Labute approximate surface area is 87.6 Å². The first-order valence-corrected chi connectivity index (χ1v) is 4.99. The molecule has 1 aromatic rings. The molecule has 0 amide bonds. The Morgan fingerprint density at radius 3 is 3.07 bits per heavy atom. The van der Waals surface area contributed by atoms with Crippen molar-refractivity contribution in [2.24, 2.45) is 10.7 Å². The van der Waals surface area contributed by atoms with Crippen molar-refractivity contribution in [2.45, 2.75) is 19.1 Å². The van der Waals surface area contributed by atoms with Gasteiger partial charge in [0.05, 0.1) is 6.61 Å². The average Bonchev–Trinajstić information content (AvgIpc) is 2.76. The number of benzene rings is 1. The Kier molecular flexibility index (Phi) is 1.66. The van der Waals surface area contributed by atoms with Crippen molar-refractivity contribution in [3.05, 3.63) is 34.9 Å². The Balaban J connectivity index is 2.24. The molecule has 0 radical (unpaired) electrons. The van der Waals surface area contributed by atoms with E-state index in [0.717, 1.165) is 23.1 Å². The van der Waals surface area contributed by atoms with Gasteiger partial charge in [0.15, 0.2) is 0 Å². The average molecular weight is 204 g/mol. The minimum Gasteiger partial charge on any atom is -0.383 e. The van der Waals surface area contributed by atoms with Gasteiger partial charge in [0.25, 0.3) is 0 Å². The molecule has 1 spiro atoms. The molecule has 2 aliphatic heterocycles. The number of nitrogens with zero attached hydrogens (tertiary/aromatic N) is 1. The van der Waals surface area contributed by atoms with E-state index in [2.05, 4.69) is 4.99 Å². The summed E-state index contributed by atoms with van der Waals surface area (Å²) >= 11 is 0. The van der Waals surface area contributed by atoms with E-state index in [1.54, 1.807) is 0 Å². The lowest BCUT2D eigenvalue weighted by molar-refractivity contribution is -0.310. The highest BCUT2D eigenvalue weighted by Gasteiger charge is 2.45. The van der Waals surface area contributed by atoms with Crippen LogP contribution < -0.4 is 5.73 Å². The summed E-state index contributed by atoms with van der Waals surface area (Å²) in [7, 11) is 0. The van der Waals surface area contributed by atoms with Gasteiger partial charge in [-0.05, 0) is 12.5 Å². The van der Waals surface area contributed by atoms with Crippen molar-refractivity contribution >= 4 is 5.84 Å². The number of nitrogens with two attached hydrogens (primary N) is 1. The second-order valence-corrected chi connectivity index (χ2v) is 3.93. The van der Waals surface area contributed by atoms with Gasteiger partial charge in [-0.1, -0.05) is 18.2 Å². The minimum atomic E-state index is -0.675. The van der Waals surface area contributed by atoms with Crippen LogP contribution >= 0.6 is 0 Å². The molecule has 0 bridgehead atoms. The smallest absolute Gasteiger partial charge is 0.223 e. The number of fused-ring (bicyclic) bond motifs is 2. The maximum atomic E-state index is 5.92. The molecule has 0 aromatic heterocycles. The number of hydrogen-bond acceptors (Lipinski definition) is 4. The molecule has 1 saturated heterocycles. The van der Waals surface area contributed by atoms with Crippen LogP contribution in [0.5, 0.6) is 0 Å². The van der Waals surface area contributed by atoms with Gasteiger partial charge in [-0.25, -0.2) is 14.8 Å². The molecule has 4 nitrogen and oxygen atoms in total. The second kappa shape index (κ2) is 2.81. The van der Waals surface area contributed by atoms with Crippen LogP contribution in [-0.2, 0) is 15.5 Å². The Bertz CT molecular complexity index is 448. The molecule has 0 saturated carbocycles. The van der Waals surface area contributed by atoms with Crippen LogP contribution in [0.3, 0.4) is 0 Å². The summed E-state index contributed by atoms with van der Waals surface area (Å²) in [5, 5.41) is 0. The van der Waals surface area contributed by atoms with Crippen LogP contribution in [0.4, 0.5) is 0 Å². The third-order valence-corrected chi connectivity index (χ3v) is 2.97. The molecule has 2 N–H and O–H groups in total. The maximum Gasteiger partial charge on any atom is 0.223 e. The largest absolute Gasteiger partial charge is 0.383 e. The van der Waals surface area contributed by atoms with Crippen molar-refractivity contribution in [1.29, 1.82) is 0 Å². The number of amidine groups is 1. The zero-order valence-electron chi connectivity index (χ0n) is 8.49. The van der Waals surface area contributed by atoms with Gasteiger partial charge in [-0.15, -0.1) is 0 Å². The van der Waals surface area contributed by atoms with Gasteiger partial charge in [-0.3, -0.25) is 0 Å². The first-order chi connectivity index (χ1) is 7.23. The molecule has 15 heavy (non-hydrogen) atoms. The van der Waals surface area contributed by atoms with Crippen LogP contribution in [0.25, 0.3) is 0 Å². The van der Waals surface area contributed by atoms with Gasteiger partial charge in [0.2, 0.25) is 5.72 Å². The quantitative estimate of drug-likeness (QED) is 0.646. The Morgan fingerprint density at radius 1 is 1.47 bits per heavy atom. The zero-order valence-corrected chi connectivity index (χ0v) is 8.49. The van der Waals surface area contributed by atoms with E-state index in [1.165, 1.54) is 0 Å². The summed E-state index contributed by atoms with van der Waals surface area (Å²) in [5.74, 6) is 0.550. The molecule has 2 aliphatic rings. The van der Waals surface area contributed by atoms with Crippen molar-refractivity contribution in [3.63, 3.8) is 0 Å². The van der Waals surface area contributed by atoms with E-state index in [0.29, 0.717) is 12.4 Å². The fourth-order valence-electron chi connectivity index (χ4n) is 2.26. The molecule has 1 unspecified atom stereocenters. The van der Waals surface area contributed by atoms with Gasteiger partial charge in [-0.2, -0.15) is 0 Å². The highest BCUT2D eigenvalue weighted by atomic mass is 17.2. The molecule has 0 aliphatic carbocycles. The predicted octanol–water partition coefficient (Wildman–Crippen LogP) is 1.22. The maximum absolute atomic E-state index is 5.92. The van der Waals surface area contributed by atoms with Gasteiger partial charge in [0.1, 0.15) is 5.84 Å². The van der Waals surface area contributed by atoms with Crippen molar-refractivity contribution in [2.75, 3.05) is 6.61 Å². The summed E-state index contributed by atoms with van der Waals surface area (Å²) < 4.78 is 0. The number of aliphatic imine (C=N–C) groups is 1. The first-order valence-electron chi connectivity index (χ1n) is 4.99. The van der Waals surface area contributed by atoms with Crippen LogP contribution in [0, 0.1) is 6.92 Å². The van der Waals surface area contributed by atoms with Crippen LogP contribution in [0.1, 0.15) is 23.1 Å². The summed E-state index contributed by atoms with van der Waals surface area (Å²) in [6.45, 7) is 2.58. The third-order valence-electron chi connectivity index (χ3n) is 2.97. The Morgan fingerprint density at radius 2 is 2.33 bits per heavy atom. The SMILES string of the molecule is Cc1cccc2c1C(N)=NC21CCOO1. The highest BCUT2D eigenvalue weighted by Crippen LogP contribution is 2.42. The lowest BCUT2D eigenvalue weighted by Gasteiger charge is -2.17. The molecule has 1 atom stereocenters. The molecule has 3 rings (SSSR count). The van der Waals surface area contributed by atoms with Gasteiger partial charge in [0, 0.05) is 17.5 Å². The predicted molar refractivity (Wildman–Crippen MR) is 55.2 cm³/mol. The lowest BCUT2D eigenvalue weighted by Crippen LogP contribution is -2.19. The van der Waals surface area contributed by atoms with E-state index in [4.69, 9.17) is 15.5 Å². The summed E-state index contributed by atoms with van der Waals surface area (Å²) in [6, 6.07) is 6.02. The van der Waals surface area contributed by atoms with Crippen molar-refractivity contribution in [1.82, 2.24) is 0 Å². The molecule has 1 fully saturated rings. The topological polar surface area (TPSA) is 56.8 Å². The zero-order chi connectivity index (χ0) is 10.5. The lowest BCUT2D eigenvalue weighted by atomic mass is 9.95. The van der Waals surface area contributed by atoms with E-state index >= 15 is 0 Å². The number of rotatable bonds is 0. The van der Waals surface area contributed by atoms with Crippen LogP contribution in [0.15, 0.2) is 23.2 Å². The third kappa shape index (κ3) is 1.06. The van der Waals surface area contributed by atoms with Crippen LogP contribution in [0.2, 0.25) is 0 Å². The van der Waals surface area contributed by atoms with E-state index in [9.17, 15) is 0 Å². The Hall–Kier alpha value is -1.39. The molecular weight excluding hydrogens is 192 g/mol. The van der Waals surface area contributed by atoms with E-state index < -0.39 is 5.72 Å². The fraction of sp³-hybridized carbons (Fsp3) is 0.364. The number of aryl methyl sites for hydroxylation is 1. The molecule has 4 heteroatoms. The van der Waals surface area contributed by atoms with Crippen molar-refractivity contribution in [3.8, 4) is 0 Å². The van der Waals surface area contributed by atoms with E-state index in [-0.39, 0.29) is 0 Å². The second-order valence-electron chi connectivity index (χ2n) is 3.93. The fourth-order valence-corrected chi connectivity index (χ4v) is 2.26. The van der Waals surface area contributed by atoms with Crippen molar-refractivity contribution < 1.29 is 9.78 Å². The monoisotopic (exact) mass is 204 g/mol. The molecule has 1 aromatic carbocycles. The molecular formula is C11H12N2O2.